The van der Waals surface area contributed by atoms with Crippen LogP contribution in [0, 0.1) is 61.1 Å². The van der Waals surface area contributed by atoms with Gasteiger partial charge in [-0.05, 0) is 265 Å². The summed E-state index contributed by atoms with van der Waals surface area (Å²) in [7, 11) is 2.35. The summed E-state index contributed by atoms with van der Waals surface area (Å²) in [5.41, 5.74) is 21.2. The zero-order valence-electron chi connectivity index (χ0n) is 60.7. The van der Waals surface area contributed by atoms with Gasteiger partial charge in [0.05, 0.1) is 46.6 Å². The smallest absolute Gasteiger partial charge is 0.373 e. The van der Waals surface area contributed by atoms with E-state index in [9.17, 15) is 27.6 Å². The second-order valence-corrected chi connectivity index (χ2v) is 28.0. The molecule has 2 fully saturated rings. The average Bonchev–Trinajstić information content (AvgIpc) is 1.41. The molecule has 1 amide bonds. The summed E-state index contributed by atoms with van der Waals surface area (Å²) in [6, 6.07) is 37.3. The van der Waals surface area contributed by atoms with Gasteiger partial charge in [-0.2, -0.15) is 23.4 Å². The van der Waals surface area contributed by atoms with Gasteiger partial charge in [0.2, 0.25) is 29.4 Å². The normalized spacial score (nSPS) is 14.9. The lowest BCUT2D eigenvalue weighted by atomic mass is 9.80. The number of aromatic amines is 2. The number of H-pyrrole nitrogens is 2. The van der Waals surface area contributed by atoms with Gasteiger partial charge in [-0.3, -0.25) is 34.4 Å². The number of halogens is 8. The fourth-order valence-corrected chi connectivity index (χ4v) is 12.7. The first-order chi connectivity index (χ1) is 52.3. The van der Waals surface area contributed by atoms with Crippen molar-refractivity contribution >= 4 is 116 Å². The molecule has 0 aliphatic heterocycles. The molecule has 568 valence electrons. The van der Waals surface area contributed by atoms with Crippen LogP contribution in [0.3, 0.4) is 0 Å². The lowest BCUT2D eigenvalue weighted by Gasteiger charge is -2.28. The molecule has 12 aromatic heterocycles. The molecule has 2 aliphatic carbocycles. The Balaban J connectivity index is 0.000000164. The van der Waals surface area contributed by atoms with Crippen LogP contribution in [0.4, 0.5) is 13.2 Å². The van der Waals surface area contributed by atoms with Gasteiger partial charge in [-0.1, -0.05) is 76.7 Å². The highest BCUT2D eigenvalue weighted by Crippen LogP contribution is 2.31. The van der Waals surface area contributed by atoms with Crippen molar-refractivity contribution in [2.24, 2.45) is 23.3 Å². The quantitative estimate of drug-likeness (QED) is 0.0194. The molecular formula is C77H81BCl4F3IN18O5. The molecule has 32 heteroatoms. The number of nitrogens with zero attached hydrogens (tertiary/aromatic N) is 13. The molecule has 8 N–H and O–H groups in total. The van der Waals surface area contributed by atoms with E-state index in [0.29, 0.717) is 39.2 Å². The number of ketones is 2. The van der Waals surface area contributed by atoms with Gasteiger partial charge in [0, 0.05) is 60.5 Å². The minimum absolute atomic E-state index is 0.105. The molecule has 2 saturated carbocycles. The van der Waals surface area contributed by atoms with Gasteiger partial charge in [0.1, 0.15) is 35.7 Å². The summed E-state index contributed by atoms with van der Waals surface area (Å²) < 4.78 is 40.6. The highest BCUT2D eigenvalue weighted by atomic mass is 127. The van der Waals surface area contributed by atoms with Crippen molar-refractivity contribution < 1.29 is 37.4 Å². The SMILES string of the molecule is CB(O)NC1CCC(CN)CC1.CON(C)C(=O)c1cccnc1F.Cc1ccc(CCC2CCC(N)CC2)nc1-c1[nH]nc2ncccc12.Cc1ccc(Cl)nc1-c1[nH]nc2ncccc12.Cc1ccc(Cl)nc1C(=O)c1cccnc1F.Cc1ccc(Cl)nc1C(=O)c1cccnc1F.Clc1cccc(I)n1. The number of pyridine rings is 10. The third-order valence-electron chi connectivity index (χ3n) is 17.5. The number of nitrogens with one attached hydrogen (secondary N) is 3. The van der Waals surface area contributed by atoms with Crippen molar-refractivity contribution in [2.45, 2.75) is 111 Å². The molecule has 0 spiro atoms. The third-order valence-corrected chi connectivity index (χ3v) is 18.9. The molecule has 0 saturated heterocycles. The van der Waals surface area contributed by atoms with E-state index in [1.54, 1.807) is 69.5 Å². The number of fused-ring (bicyclic) bond motifs is 2. The zero-order valence-corrected chi connectivity index (χ0v) is 65.9. The number of aryl methyl sites for hydroxylation is 5. The molecule has 0 aromatic carbocycles. The van der Waals surface area contributed by atoms with E-state index >= 15 is 0 Å². The van der Waals surface area contributed by atoms with Crippen LogP contribution in [0.1, 0.15) is 128 Å². The lowest BCUT2D eigenvalue weighted by molar-refractivity contribution is -0.0760. The van der Waals surface area contributed by atoms with E-state index in [1.165, 1.54) is 114 Å². The average molecular weight is 1680 g/mol. The van der Waals surface area contributed by atoms with E-state index in [2.05, 4.69) is 117 Å². The minimum Gasteiger partial charge on any atom is -0.437 e. The first kappa shape index (κ1) is 85.4. The van der Waals surface area contributed by atoms with Gasteiger partial charge in [-0.25, -0.2) is 49.9 Å². The number of hydrogen-bond acceptors (Lipinski definition) is 20. The highest BCUT2D eigenvalue weighted by Gasteiger charge is 2.24. The molecule has 2 aliphatic rings. The number of hydroxylamine groups is 2. The molecule has 0 bridgehead atoms. The maximum Gasteiger partial charge on any atom is 0.373 e. The summed E-state index contributed by atoms with van der Waals surface area (Å²) in [4.78, 5) is 79.7. The van der Waals surface area contributed by atoms with Crippen molar-refractivity contribution in [1.29, 1.82) is 0 Å². The Kier molecular flexibility index (Phi) is 33.4. The van der Waals surface area contributed by atoms with Crippen LogP contribution in [0.5, 0.6) is 0 Å². The number of hydrogen-bond donors (Lipinski definition) is 6. The fraction of sp³-hybridized carbons (Fsp3) is 0.286. The Labute approximate surface area is 663 Å². The van der Waals surface area contributed by atoms with Crippen LogP contribution in [-0.2, 0) is 11.3 Å². The molecule has 12 aromatic rings. The second-order valence-electron chi connectivity index (χ2n) is 25.4. The Morgan fingerprint density at radius 3 is 1.44 bits per heavy atom. The van der Waals surface area contributed by atoms with Crippen molar-refractivity contribution in [3.8, 4) is 22.8 Å². The maximum atomic E-state index is 13.4. The van der Waals surface area contributed by atoms with Crippen LogP contribution in [0.25, 0.3) is 44.8 Å². The van der Waals surface area contributed by atoms with E-state index in [0.717, 1.165) is 102 Å². The predicted molar refractivity (Wildman–Crippen MR) is 427 cm³/mol. The van der Waals surface area contributed by atoms with Crippen molar-refractivity contribution in [3.63, 3.8) is 0 Å². The molecule has 12 heterocycles. The lowest BCUT2D eigenvalue weighted by Crippen LogP contribution is -2.42. The largest absolute Gasteiger partial charge is 0.437 e. The first-order valence-electron chi connectivity index (χ1n) is 34.7. The van der Waals surface area contributed by atoms with E-state index in [1.807, 2.05) is 49.4 Å². The number of aromatic nitrogens is 14. The summed E-state index contributed by atoms with van der Waals surface area (Å²) in [5, 5.41) is 31.1. The van der Waals surface area contributed by atoms with E-state index < -0.39 is 35.3 Å². The number of carbonyl (C=O) groups excluding carboxylic acids is 3. The predicted octanol–water partition coefficient (Wildman–Crippen LogP) is 15.8. The van der Waals surface area contributed by atoms with E-state index in [4.69, 9.17) is 67.9 Å². The Bertz CT molecular complexity index is 4880. The van der Waals surface area contributed by atoms with Gasteiger partial charge in [0.25, 0.3) is 5.91 Å². The number of nitrogens with two attached hydrogens (primary N) is 2. The fourth-order valence-electron chi connectivity index (χ4n) is 11.5. The van der Waals surface area contributed by atoms with Crippen LogP contribution in [0.2, 0.25) is 27.4 Å². The third kappa shape index (κ3) is 25.4. The molecule has 23 nitrogen and oxygen atoms in total. The van der Waals surface area contributed by atoms with Crippen LogP contribution in [0.15, 0.2) is 158 Å². The summed E-state index contributed by atoms with van der Waals surface area (Å²) >= 11 is 25.0. The number of rotatable bonds is 14. The van der Waals surface area contributed by atoms with Gasteiger partial charge >= 0.3 is 7.05 Å². The standard InChI is InChI=1S/C20H25N5.2C12H8ClFN2O.C12H9ClN4.C8H19BN2O.C8H9FN2O2.C5H3ClIN/c1-13-4-10-16(11-7-14-5-8-15(21)9-6-14)23-18(13)19-17-3-2-12-22-20(17)25-24-19;2*1-7-4-5-9(13)16-10(7)11(17)8-3-2-6-15-12(8)14;1-7-4-5-9(13)15-10(7)11-8-3-2-6-14-12(8)17-16-11;1-9(12)11-8-4-2-7(6-10)3-5-8;1-11(13-2)8(12)6-4-3-5-10-7(6)9;6-4-2-1-3-5(7)8-4/h2-4,10,12,14-15H,5-9,11,21H2,1H3,(H,22,24,25);2*2-6H,1H3;2-6H,1H3,(H,14,16,17);7-8,11-12H,2-6,10H2,1H3;3-5H,1-2H3;1-3H. The van der Waals surface area contributed by atoms with Crippen molar-refractivity contribution in [2.75, 3.05) is 20.7 Å². The topological polar surface area (TPSA) is 334 Å². The monoisotopic (exact) mass is 1670 g/mol. The van der Waals surface area contributed by atoms with Crippen molar-refractivity contribution in [3.05, 3.63) is 257 Å². The van der Waals surface area contributed by atoms with Crippen molar-refractivity contribution in [1.82, 2.24) is 80.5 Å². The molecular weight excluding hydrogens is 1590 g/mol. The highest BCUT2D eigenvalue weighted by molar-refractivity contribution is 14.1. The molecule has 0 unspecified atom stereocenters. The summed E-state index contributed by atoms with van der Waals surface area (Å²) in [5.74, 6) is -2.49. The molecule has 0 radical (unpaired) electrons. The van der Waals surface area contributed by atoms with Gasteiger partial charge < -0.3 is 21.7 Å². The maximum absolute atomic E-state index is 13.4. The minimum atomic E-state index is -0.807. The number of carbonyl (C=O) groups is 3. The van der Waals surface area contributed by atoms with Crippen LogP contribution < -0.4 is 16.7 Å². The molecule has 14 rings (SSSR count). The summed E-state index contributed by atoms with van der Waals surface area (Å²) in [6.07, 6.45) is 19.1. The van der Waals surface area contributed by atoms with Gasteiger partial charge in [0.15, 0.2) is 11.3 Å². The summed E-state index contributed by atoms with van der Waals surface area (Å²) in [6.45, 7) is 10.1. The molecule has 109 heavy (non-hydrogen) atoms. The zero-order chi connectivity index (χ0) is 78.7. The second kappa shape index (κ2) is 42.7. The van der Waals surface area contributed by atoms with Gasteiger partial charge in [-0.15, -0.1) is 0 Å². The number of amides is 1. The van der Waals surface area contributed by atoms with Crippen LogP contribution in [-0.4, -0.2) is 138 Å². The molecule has 0 atom stereocenters. The Morgan fingerprint density at radius 1 is 0.560 bits per heavy atom. The van der Waals surface area contributed by atoms with E-state index in [-0.39, 0.29) is 45.4 Å². The Hall–Kier alpha value is -9.21. The first-order valence-corrected chi connectivity index (χ1v) is 37.3. The Morgan fingerprint density at radius 2 is 0.991 bits per heavy atom. The van der Waals surface area contributed by atoms with Crippen LogP contribution >= 0.6 is 69.0 Å².